The molecule has 0 atom stereocenters. The first kappa shape index (κ1) is 13.9. The van der Waals surface area contributed by atoms with Crippen LogP contribution in [0.3, 0.4) is 0 Å². The fourth-order valence-corrected chi connectivity index (χ4v) is 2.36. The molecule has 0 saturated heterocycles. The van der Waals surface area contributed by atoms with Crippen molar-refractivity contribution in [2.45, 2.75) is 40.5 Å². The van der Waals surface area contributed by atoms with Gasteiger partial charge in [0.2, 0.25) is 0 Å². The van der Waals surface area contributed by atoms with Crippen molar-refractivity contribution in [3.63, 3.8) is 0 Å². The predicted octanol–water partition coefficient (Wildman–Crippen LogP) is 3.25. The van der Waals surface area contributed by atoms with Crippen LogP contribution in [0.15, 0.2) is 18.2 Å². The third-order valence-corrected chi connectivity index (χ3v) is 3.71. The van der Waals surface area contributed by atoms with Gasteiger partial charge in [-0.15, -0.1) is 0 Å². The molecule has 0 heterocycles. The van der Waals surface area contributed by atoms with Crippen molar-refractivity contribution in [2.75, 3.05) is 6.54 Å². The van der Waals surface area contributed by atoms with Crippen LogP contribution < -0.4 is 5.73 Å². The predicted molar refractivity (Wildman–Crippen MR) is 72.3 cm³/mol. The second-order valence-electron chi connectivity index (χ2n) is 4.90. The third-order valence-electron chi connectivity index (χ3n) is 3.71. The van der Waals surface area contributed by atoms with Crippen LogP contribution in [0.2, 0.25) is 0 Å². The summed E-state index contributed by atoms with van der Waals surface area (Å²) in [5.41, 5.74) is 8.50. The van der Waals surface area contributed by atoms with Crippen molar-refractivity contribution in [3.05, 3.63) is 34.9 Å². The van der Waals surface area contributed by atoms with Crippen LogP contribution in [-0.2, 0) is 0 Å². The first-order valence-electron chi connectivity index (χ1n) is 6.32. The lowest BCUT2D eigenvalue weighted by atomic mass is 9.75. The summed E-state index contributed by atoms with van der Waals surface area (Å²) in [6, 6.07) is 6.01. The molecule has 0 radical (unpaired) electrons. The van der Waals surface area contributed by atoms with Crippen molar-refractivity contribution in [1.29, 1.82) is 0 Å². The van der Waals surface area contributed by atoms with E-state index in [4.69, 9.17) is 5.73 Å². The molecule has 2 N–H and O–H groups in total. The van der Waals surface area contributed by atoms with E-state index in [1.54, 1.807) is 0 Å². The molecule has 0 amide bonds. The van der Waals surface area contributed by atoms with Crippen molar-refractivity contribution >= 4 is 5.78 Å². The first-order chi connectivity index (χ1) is 7.99. The molecule has 0 bridgehead atoms. The maximum atomic E-state index is 12.6. The van der Waals surface area contributed by atoms with Gasteiger partial charge in [-0.25, -0.2) is 0 Å². The van der Waals surface area contributed by atoms with Gasteiger partial charge in [-0.2, -0.15) is 0 Å². The first-order valence-corrected chi connectivity index (χ1v) is 6.32. The maximum Gasteiger partial charge on any atom is 0.170 e. The molecule has 94 valence electrons. The second kappa shape index (κ2) is 5.46. The van der Waals surface area contributed by atoms with E-state index in [1.807, 2.05) is 39.8 Å². The molecule has 0 unspecified atom stereocenters. The number of rotatable bonds is 5. The van der Waals surface area contributed by atoms with Gasteiger partial charge in [-0.05, 0) is 38.8 Å². The normalized spacial score (nSPS) is 11.6. The Morgan fingerprint density at radius 3 is 1.94 bits per heavy atom. The molecular weight excluding hydrogens is 210 g/mol. The number of nitrogens with two attached hydrogens (primary N) is 1. The minimum atomic E-state index is -0.389. The molecule has 0 aliphatic heterocycles. The molecule has 0 spiro atoms. The molecule has 1 rings (SSSR count). The molecule has 0 aliphatic carbocycles. The van der Waals surface area contributed by atoms with Gasteiger partial charge in [-0.3, -0.25) is 4.79 Å². The summed E-state index contributed by atoms with van der Waals surface area (Å²) >= 11 is 0. The minimum absolute atomic E-state index is 0.191. The highest BCUT2D eigenvalue weighted by Gasteiger charge is 2.33. The molecular formula is C15H23NO. The van der Waals surface area contributed by atoms with Crippen LogP contribution in [0.1, 0.15) is 48.2 Å². The highest BCUT2D eigenvalue weighted by atomic mass is 16.1. The average molecular weight is 233 g/mol. The zero-order valence-corrected chi connectivity index (χ0v) is 11.3. The number of aryl methyl sites for hydroxylation is 2. The van der Waals surface area contributed by atoms with Gasteiger partial charge in [0.1, 0.15) is 0 Å². The number of hydrogen-bond donors (Lipinski definition) is 1. The standard InChI is InChI=1S/C15H23NO/c1-5-15(6-2,10-16)14(17)13-8-11(3)7-12(4)9-13/h7-9H,5-6,10,16H2,1-4H3. The van der Waals surface area contributed by atoms with E-state index in [0.29, 0.717) is 6.54 Å². The summed E-state index contributed by atoms with van der Waals surface area (Å²) in [5.74, 6) is 0.191. The van der Waals surface area contributed by atoms with Crippen LogP contribution in [0.25, 0.3) is 0 Å². The van der Waals surface area contributed by atoms with Gasteiger partial charge in [-0.1, -0.05) is 31.0 Å². The highest BCUT2D eigenvalue weighted by Crippen LogP contribution is 2.30. The summed E-state index contributed by atoms with van der Waals surface area (Å²) in [6.07, 6.45) is 1.59. The van der Waals surface area contributed by atoms with Crippen LogP contribution >= 0.6 is 0 Å². The Bertz CT molecular complexity index is 377. The lowest BCUT2D eigenvalue weighted by Gasteiger charge is -2.28. The van der Waals surface area contributed by atoms with Crippen LogP contribution in [0.5, 0.6) is 0 Å². The van der Waals surface area contributed by atoms with E-state index in [2.05, 4.69) is 6.07 Å². The van der Waals surface area contributed by atoms with Gasteiger partial charge >= 0.3 is 0 Å². The van der Waals surface area contributed by atoms with Gasteiger partial charge < -0.3 is 5.73 Å². The van der Waals surface area contributed by atoms with Gasteiger partial charge in [0, 0.05) is 17.5 Å². The monoisotopic (exact) mass is 233 g/mol. The Morgan fingerprint density at radius 2 is 1.59 bits per heavy atom. The lowest BCUT2D eigenvalue weighted by Crippen LogP contribution is -2.37. The minimum Gasteiger partial charge on any atom is -0.329 e. The van der Waals surface area contributed by atoms with E-state index >= 15 is 0 Å². The summed E-state index contributed by atoms with van der Waals surface area (Å²) in [7, 11) is 0. The third kappa shape index (κ3) is 2.75. The summed E-state index contributed by atoms with van der Waals surface area (Å²) < 4.78 is 0. The molecule has 2 nitrogen and oxygen atoms in total. The Kier molecular flexibility index (Phi) is 4.47. The molecule has 2 heteroatoms. The zero-order chi connectivity index (χ0) is 13.1. The van der Waals surface area contributed by atoms with Crippen LogP contribution in [0.4, 0.5) is 0 Å². The van der Waals surface area contributed by atoms with Crippen LogP contribution in [-0.4, -0.2) is 12.3 Å². The Hall–Kier alpha value is -1.15. The largest absolute Gasteiger partial charge is 0.329 e. The quantitative estimate of drug-likeness (QED) is 0.793. The lowest BCUT2D eigenvalue weighted by molar-refractivity contribution is 0.0787. The molecule has 1 aromatic carbocycles. The summed E-state index contributed by atoms with van der Waals surface area (Å²) in [6.45, 7) is 8.54. The number of benzene rings is 1. The zero-order valence-electron chi connectivity index (χ0n) is 11.3. The number of ketones is 1. The molecule has 17 heavy (non-hydrogen) atoms. The molecule has 0 saturated carbocycles. The van der Waals surface area contributed by atoms with E-state index in [0.717, 1.165) is 29.5 Å². The van der Waals surface area contributed by atoms with E-state index in [-0.39, 0.29) is 11.2 Å². The fourth-order valence-electron chi connectivity index (χ4n) is 2.36. The maximum absolute atomic E-state index is 12.6. The molecule has 0 aromatic heterocycles. The van der Waals surface area contributed by atoms with E-state index < -0.39 is 0 Å². The molecule has 0 aliphatic rings. The number of hydrogen-bond acceptors (Lipinski definition) is 2. The van der Waals surface area contributed by atoms with Crippen molar-refractivity contribution in [1.82, 2.24) is 0 Å². The SMILES string of the molecule is CCC(CC)(CN)C(=O)c1cc(C)cc(C)c1. The second-order valence-corrected chi connectivity index (χ2v) is 4.90. The highest BCUT2D eigenvalue weighted by molar-refractivity contribution is 6.01. The Morgan fingerprint density at radius 1 is 1.12 bits per heavy atom. The van der Waals surface area contributed by atoms with Gasteiger partial charge in [0.15, 0.2) is 5.78 Å². The van der Waals surface area contributed by atoms with Crippen molar-refractivity contribution in [2.24, 2.45) is 11.1 Å². The smallest absolute Gasteiger partial charge is 0.170 e. The van der Waals surface area contributed by atoms with Gasteiger partial charge in [0.25, 0.3) is 0 Å². The average Bonchev–Trinajstić information content (AvgIpc) is 2.30. The van der Waals surface area contributed by atoms with Crippen molar-refractivity contribution < 1.29 is 4.79 Å². The fraction of sp³-hybridized carbons (Fsp3) is 0.533. The van der Waals surface area contributed by atoms with Crippen molar-refractivity contribution in [3.8, 4) is 0 Å². The summed E-state index contributed by atoms with van der Waals surface area (Å²) in [5, 5.41) is 0. The Labute approximate surface area is 104 Å². The topological polar surface area (TPSA) is 43.1 Å². The summed E-state index contributed by atoms with van der Waals surface area (Å²) in [4.78, 5) is 12.6. The number of Topliss-reactive ketones (excluding diaryl/α,β-unsaturated/α-hetero) is 1. The van der Waals surface area contributed by atoms with E-state index in [1.165, 1.54) is 0 Å². The number of carbonyl (C=O) groups is 1. The van der Waals surface area contributed by atoms with Crippen LogP contribution in [0, 0.1) is 19.3 Å². The molecule has 1 aromatic rings. The van der Waals surface area contributed by atoms with E-state index in [9.17, 15) is 4.79 Å². The molecule has 0 fully saturated rings. The number of carbonyl (C=O) groups excluding carboxylic acids is 1. The van der Waals surface area contributed by atoms with Gasteiger partial charge in [0.05, 0.1) is 0 Å². The Balaban J connectivity index is 3.18.